The molecule has 5 heteroatoms. The van der Waals surface area contributed by atoms with Gasteiger partial charge in [-0.15, -0.1) is 0 Å². The third-order valence-corrected chi connectivity index (χ3v) is 1.98. The SMILES string of the molecule is Nc1onc(C(=O)O)c1-c1ccccc1. The van der Waals surface area contributed by atoms with Gasteiger partial charge in [0.25, 0.3) is 0 Å². The van der Waals surface area contributed by atoms with Crippen LogP contribution >= 0.6 is 0 Å². The maximum Gasteiger partial charge on any atom is 0.358 e. The van der Waals surface area contributed by atoms with Crippen LogP contribution in [0, 0.1) is 0 Å². The summed E-state index contributed by atoms with van der Waals surface area (Å²) in [7, 11) is 0. The zero-order valence-corrected chi connectivity index (χ0v) is 7.68. The van der Waals surface area contributed by atoms with Gasteiger partial charge >= 0.3 is 5.97 Å². The molecule has 1 aromatic heterocycles. The zero-order chi connectivity index (χ0) is 10.8. The summed E-state index contributed by atoms with van der Waals surface area (Å²) >= 11 is 0. The van der Waals surface area contributed by atoms with Gasteiger partial charge < -0.3 is 15.4 Å². The Kier molecular flexibility index (Phi) is 2.13. The third kappa shape index (κ3) is 1.54. The predicted molar refractivity (Wildman–Crippen MR) is 53.3 cm³/mol. The number of hydrogen-bond acceptors (Lipinski definition) is 4. The first-order chi connectivity index (χ1) is 7.20. The smallest absolute Gasteiger partial charge is 0.358 e. The fourth-order valence-electron chi connectivity index (χ4n) is 1.33. The summed E-state index contributed by atoms with van der Waals surface area (Å²) in [5.41, 5.74) is 6.35. The number of carboxylic acid groups (broad SMARTS) is 1. The summed E-state index contributed by atoms with van der Waals surface area (Å²) in [4.78, 5) is 10.8. The van der Waals surface area contributed by atoms with E-state index in [0.717, 1.165) is 0 Å². The minimum atomic E-state index is -1.16. The van der Waals surface area contributed by atoms with Gasteiger partial charge in [0, 0.05) is 0 Å². The lowest BCUT2D eigenvalue weighted by atomic mass is 10.1. The predicted octanol–water partition coefficient (Wildman–Crippen LogP) is 1.62. The Bertz CT molecular complexity index is 491. The van der Waals surface area contributed by atoms with Gasteiger partial charge in [-0.25, -0.2) is 4.79 Å². The van der Waals surface area contributed by atoms with E-state index in [4.69, 9.17) is 10.8 Å². The highest BCUT2D eigenvalue weighted by Crippen LogP contribution is 2.29. The van der Waals surface area contributed by atoms with E-state index in [1.807, 2.05) is 6.07 Å². The molecule has 0 radical (unpaired) electrons. The fraction of sp³-hybridized carbons (Fsp3) is 0. The summed E-state index contributed by atoms with van der Waals surface area (Å²) in [5.74, 6) is -1.15. The van der Waals surface area contributed by atoms with Crippen molar-refractivity contribution in [3.63, 3.8) is 0 Å². The second kappa shape index (κ2) is 3.45. The van der Waals surface area contributed by atoms with Crippen molar-refractivity contribution >= 4 is 11.9 Å². The van der Waals surface area contributed by atoms with Crippen molar-refractivity contribution in [3.05, 3.63) is 36.0 Å². The van der Waals surface area contributed by atoms with Crippen LogP contribution in [0.5, 0.6) is 0 Å². The summed E-state index contributed by atoms with van der Waals surface area (Å²) in [6, 6.07) is 8.89. The number of aromatic carboxylic acids is 1. The highest BCUT2D eigenvalue weighted by molar-refractivity contribution is 5.96. The molecule has 76 valence electrons. The van der Waals surface area contributed by atoms with Crippen molar-refractivity contribution in [1.82, 2.24) is 5.16 Å². The van der Waals surface area contributed by atoms with Crippen LogP contribution in [0.3, 0.4) is 0 Å². The molecule has 2 rings (SSSR count). The number of rotatable bonds is 2. The van der Waals surface area contributed by atoms with E-state index in [9.17, 15) is 4.79 Å². The van der Waals surface area contributed by atoms with Crippen LogP contribution in [0.25, 0.3) is 11.1 Å². The lowest BCUT2D eigenvalue weighted by Gasteiger charge is -1.98. The Labute approximate surface area is 85.1 Å². The lowest BCUT2D eigenvalue weighted by molar-refractivity contribution is 0.0686. The molecule has 0 fully saturated rings. The Hall–Kier alpha value is -2.30. The van der Waals surface area contributed by atoms with Crippen molar-refractivity contribution in [2.45, 2.75) is 0 Å². The molecule has 5 nitrogen and oxygen atoms in total. The molecule has 0 atom stereocenters. The molecule has 1 aromatic carbocycles. The third-order valence-electron chi connectivity index (χ3n) is 1.98. The molecule has 0 amide bonds. The molecule has 2 aromatic rings. The van der Waals surface area contributed by atoms with Gasteiger partial charge in [-0.2, -0.15) is 0 Å². The molecule has 0 saturated heterocycles. The number of hydrogen-bond donors (Lipinski definition) is 2. The average Bonchev–Trinajstić information content (AvgIpc) is 2.61. The molecule has 0 aliphatic carbocycles. The van der Waals surface area contributed by atoms with E-state index in [2.05, 4.69) is 9.68 Å². The van der Waals surface area contributed by atoms with Crippen molar-refractivity contribution in [1.29, 1.82) is 0 Å². The monoisotopic (exact) mass is 204 g/mol. The van der Waals surface area contributed by atoms with Gasteiger partial charge in [-0.05, 0) is 5.56 Å². The van der Waals surface area contributed by atoms with Gasteiger partial charge in [0.15, 0.2) is 0 Å². The molecule has 0 spiro atoms. The molecule has 1 heterocycles. The minimum Gasteiger partial charge on any atom is -0.476 e. The van der Waals surface area contributed by atoms with Crippen LogP contribution in [-0.4, -0.2) is 16.2 Å². The molecule has 0 bridgehead atoms. The second-order valence-corrected chi connectivity index (χ2v) is 2.94. The quantitative estimate of drug-likeness (QED) is 0.775. The summed E-state index contributed by atoms with van der Waals surface area (Å²) in [6.45, 7) is 0. The van der Waals surface area contributed by atoms with Crippen LogP contribution < -0.4 is 5.73 Å². The van der Waals surface area contributed by atoms with Gasteiger partial charge in [0.2, 0.25) is 11.6 Å². The molecular formula is C10H8N2O3. The normalized spacial score (nSPS) is 10.1. The molecule has 0 unspecified atom stereocenters. The van der Waals surface area contributed by atoms with Crippen molar-refractivity contribution in [3.8, 4) is 11.1 Å². The first-order valence-corrected chi connectivity index (χ1v) is 4.24. The molecular weight excluding hydrogens is 196 g/mol. The van der Waals surface area contributed by atoms with Crippen LogP contribution in [0.15, 0.2) is 34.9 Å². The first kappa shape index (κ1) is 9.26. The number of carboxylic acids is 1. The number of nitrogens with two attached hydrogens (primary N) is 1. The van der Waals surface area contributed by atoms with Crippen LogP contribution in [0.4, 0.5) is 5.88 Å². The molecule has 0 aliphatic heterocycles. The Morgan fingerprint density at radius 1 is 1.33 bits per heavy atom. The summed E-state index contributed by atoms with van der Waals surface area (Å²) in [6.07, 6.45) is 0. The van der Waals surface area contributed by atoms with E-state index in [1.54, 1.807) is 24.3 Å². The van der Waals surface area contributed by atoms with Crippen molar-refractivity contribution < 1.29 is 14.4 Å². The standard InChI is InChI=1S/C10H8N2O3/c11-9-7(6-4-2-1-3-5-6)8(10(13)14)12-15-9/h1-5H,11H2,(H,13,14). The number of carbonyl (C=O) groups is 1. The highest BCUT2D eigenvalue weighted by Gasteiger charge is 2.20. The largest absolute Gasteiger partial charge is 0.476 e. The van der Waals surface area contributed by atoms with Crippen molar-refractivity contribution in [2.24, 2.45) is 0 Å². The molecule has 0 saturated carbocycles. The number of anilines is 1. The zero-order valence-electron chi connectivity index (χ0n) is 7.68. The van der Waals surface area contributed by atoms with Crippen LogP contribution in [-0.2, 0) is 0 Å². The van der Waals surface area contributed by atoms with E-state index in [-0.39, 0.29) is 11.6 Å². The molecule has 15 heavy (non-hydrogen) atoms. The van der Waals surface area contributed by atoms with Crippen LogP contribution in [0.2, 0.25) is 0 Å². The van der Waals surface area contributed by atoms with Gasteiger partial charge in [-0.1, -0.05) is 35.5 Å². The van der Waals surface area contributed by atoms with E-state index < -0.39 is 5.97 Å². The van der Waals surface area contributed by atoms with Gasteiger partial charge in [0.05, 0.1) is 5.56 Å². The lowest BCUT2D eigenvalue weighted by Crippen LogP contribution is -1.99. The van der Waals surface area contributed by atoms with Crippen molar-refractivity contribution in [2.75, 3.05) is 5.73 Å². The van der Waals surface area contributed by atoms with E-state index in [1.165, 1.54) is 0 Å². The minimum absolute atomic E-state index is 0.0126. The van der Waals surface area contributed by atoms with Gasteiger partial charge in [-0.3, -0.25) is 0 Å². The highest BCUT2D eigenvalue weighted by atomic mass is 16.5. The summed E-state index contributed by atoms with van der Waals surface area (Å²) in [5, 5.41) is 12.3. The van der Waals surface area contributed by atoms with E-state index in [0.29, 0.717) is 11.1 Å². The van der Waals surface area contributed by atoms with E-state index >= 15 is 0 Å². The number of benzene rings is 1. The maximum atomic E-state index is 10.8. The number of nitrogens with zero attached hydrogens (tertiary/aromatic N) is 1. The average molecular weight is 204 g/mol. The number of nitrogen functional groups attached to an aromatic ring is 1. The number of aromatic nitrogens is 1. The Morgan fingerprint density at radius 3 is 2.60 bits per heavy atom. The van der Waals surface area contributed by atoms with Crippen LogP contribution in [0.1, 0.15) is 10.5 Å². The Morgan fingerprint density at radius 2 is 2.00 bits per heavy atom. The van der Waals surface area contributed by atoms with Gasteiger partial charge in [0.1, 0.15) is 0 Å². The second-order valence-electron chi connectivity index (χ2n) is 2.94. The summed E-state index contributed by atoms with van der Waals surface area (Å²) < 4.78 is 4.66. The molecule has 0 aliphatic rings. The Balaban J connectivity index is 2.62. The maximum absolute atomic E-state index is 10.8. The topological polar surface area (TPSA) is 89.4 Å². The first-order valence-electron chi connectivity index (χ1n) is 4.24. The fourth-order valence-corrected chi connectivity index (χ4v) is 1.33. The molecule has 3 N–H and O–H groups in total.